The van der Waals surface area contributed by atoms with Gasteiger partial charge < -0.3 is 15.4 Å². The zero-order valence-electron chi connectivity index (χ0n) is 11.7. The number of aromatic amines is 1. The predicted molar refractivity (Wildman–Crippen MR) is 83.0 cm³/mol. The highest BCUT2D eigenvalue weighted by molar-refractivity contribution is 6.09. The maximum Gasteiger partial charge on any atom is 0.269 e. The van der Waals surface area contributed by atoms with Crippen molar-refractivity contribution in [3.63, 3.8) is 0 Å². The van der Waals surface area contributed by atoms with Gasteiger partial charge in [-0.25, -0.2) is 0 Å². The van der Waals surface area contributed by atoms with Crippen LogP contribution in [0.1, 0.15) is 11.1 Å². The number of benzene rings is 2. The summed E-state index contributed by atoms with van der Waals surface area (Å²) in [5.74, 6) is -0.627. The molecule has 1 atom stereocenters. The van der Waals surface area contributed by atoms with Crippen LogP contribution in [-0.4, -0.2) is 20.9 Å². The number of H-pyrrole nitrogens is 1. The quantitative estimate of drug-likeness (QED) is 0.498. The highest BCUT2D eigenvalue weighted by atomic mass is 16.6. The summed E-state index contributed by atoms with van der Waals surface area (Å²) in [5.41, 5.74) is -0.471. The fourth-order valence-electron chi connectivity index (χ4n) is 3.03. The lowest BCUT2D eigenvalue weighted by Gasteiger charge is -2.20. The van der Waals surface area contributed by atoms with Crippen molar-refractivity contribution in [1.82, 2.24) is 4.98 Å². The maximum atomic E-state index is 12.4. The van der Waals surface area contributed by atoms with Gasteiger partial charge >= 0.3 is 0 Å². The Balaban J connectivity index is 2.00. The molecule has 3 N–H and O–H groups in total. The number of carbonyl (C=O) groups excluding carboxylic acids is 1. The van der Waals surface area contributed by atoms with E-state index >= 15 is 0 Å². The van der Waals surface area contributed by atoms with Gasteiger partial charge in [0.15, 0.2) is 5.60 Å². The van der Waals surface area contributed by atoms with Crippen LogP contribution in [0.4, 0.5) is 11.4 Å². The summed E-state index contributed by atoms with van der Waals surface area (Å²) >= 11 is 0. The number of rotatable bonds is 2. The van der Waals surface area contributed by atoms with Crippen LogP contribution in [0.5, 0.6) is 0 Å². The van der Waals surface area contributed by atoms with E-state index in [0.717, 1.165) is 5.52 Å². The number of non-ortho nitro benzene ring substituents is 1. The molecule has 0 radical (unpaired) electrons. The Labute approximate surface area is 129 Å². The molecule has 0 aliphatic carbocycles. The summed E-state index contributed by atoms with van der Waals surface area (Å²) in [6, 6.07) is 11.2. The SMILES string of the molecule is O=C1Nc2ccc([N+](=O)[O-])cc2C1(O)c1c[nH]c2ccccc12. The molecule has 7 nitrogen and oxygen atoms in total. The number of aromatic nitrogens is 1. The first kappa shape index (κ1) is 13.5. The van der Waals surface area contributed by atoms with Crippen molar-refractivity contribution in [3.05, 3.63) is 69.9 Å². The Morgan fingerprint density at radius 1 is 1.13 bits per heavy atom. The molecule has 0 bridgehead atoms. The second-order valence-corrected chi connectivity index (χ2v) is 5.40. The minimum absolute atomic E-state index is 0.182. The molecule has 114 valence electrons. The molecule has 0 saturated carbocycles. The fourth-order valence-corrected chi connectivity index (χ4v) is 3.03. The number of nitrogens with one attached hydrogen (secondary N) is 2. The lowest BCUT2D eigenvalue weighted by Crippen LogP contribution is -2.35. The van der Waals surface area contributed by atoms with Crippen LogP contribution < -0.4 is 5.32 Å². The van der Waals surface area contributed by atoms with Gasteiger partial charge in [0.1, 0.15) is 0 Å². The summed E-state index contributed by atoms with van der Waals surface area (Å²) in [6.07, 6.45) is 1.55. The smallest absolute Gasteiger partial charge is 0.269 e. The largest absolute Gasteiger partial charge is 0.372 e. The molecular formula is C16H11N3O4. The van der Waals surface area contributed by atoms with Crippen LogP contribution in [-0.2, 0) is 10.4 Å². The molecule has 4 rings (SSSR count). The molecule has 1 unspecified atom stereocenters. The molecule has 1 aliphatic heterocycles. The molecule has 1 aromatic heterocycles. The van der Waals surface area contributed by atoms with E-state index in [1.165, 1.54) is 18.2 Å². The third kappa shape index (κ3) is 1.71. The highest BCUT2D eigenvalue weighted by Gasteiger charge is 2.48. The third-order valence-electron chi connectivity index (χ3n) is 4.16. The second-order valence-electron chi connectivity index (χ2n) is 5.40. The zero-order valence-corrected chi connectivity index (χ0v) is 11.7. The van der Waals surface area contributed by atoms with Crippen LogP contribution in [0, 0.1) is 10.1 Å². The van der Waals surface area contributed by atoms with Gasteiger partial charge in [-0.1, -0.05) is 18.2 Å². The van der Waals surface area contributed by atoms with Gasteiger partial charge in [-0.2, -0.15) is 0 Å². The average molecular weight is 309 g/mol. The number of nitro benzene ring substituents is 1. The minimum Gasteiger partial charge on any atom is -0.372 e. The molecule has 1 aliphatic rings. The highest BCUT2D eigenvalue weighted by Crippen LogP contribution is 2.44. The van der Waals surface area contributed by atoms with Crippen LogP contribution in [0.3, 0.4) is 0 Å². The number of fused-ring (bicyclic) bond motifs is 2. The van der Waals surface area contributed by atoms with Crippen molar-refractivity contribution in [1.29, 1.82) is 0 Å². The van der Waals surface area contributed by atoms with Crippen molar-refractivity contribution in [2.45, 2.75) is 5.60 Å². The first-order valence-corrected chi connectivity index (χ1v) is 6.91. The number of nitro groups is 1. The van der Waals surface area contributed by atoms with E-state index in [0.29, 0.717) is 16.6 Å². The van der Waals surface area contributed by atoms with E-state index in [1.54, 1.807) is 18.3 Å². The van der Waals surface area contributed by atoms with Crippen LogP contribution in [0.2, 0.25) is 0 Å². The summed E-state index contributed by atoms with van der Waals surface area (Å²) < 4.78 is 0. The maximum absolute atomic E-state index is 12.4. The Kier molecular flexibility index (Phi) is 2.58. The molecular weight excluding hydrogens is 298 g/mol. The molecule has 0 spiro atoms. The number of amides is 1. The lowest BCUT2D eigenvalue weighted by molar-refractivity contribution is -0.385. The van der Waals surface area contributed by atoms with Crippen molar-refractivity contribution < 1.29 is 14.8 Å². The van der Waals surface area contributed by atoms with Crippen molar-refractivity contribution >= 4 is 28.2 Å². The number of carbonyl (C=O) groups is 1. The molecule has 7 heteroatoms. The molecule has 2 aromatic carbocycles. The van der Waals surface area contributed by atoms with Crippen molar-refractivity contribution in [2.75, 3.05) is 5.32 Å². The van der Waals surface area contributed by atoms with Crippen LogP contribution in [0.15, 0.2) is 48.7 Å². The van der Waals surface area contributed by atoms with Crippen molar-refractivity contribution in [2.24, 2.45) is 0 Å². The molecule has 3 aromatic rings. The van der Waals surface area contributed by atoms with Gasteiger partial charge in [0, 0.05) is 46.0 Å². The molecule has 2 heterocycles. The molecule has 23 heavy (non-hydrogen) atoms. The van der Waals surface area contributed by atoms with Gasteiger partial charge in [-0.15, -0.1) is 0 Å². The van der Waals surface area contributed by atoms with Gasteiger partial charge in [-0.3, -0.25) is 14.9 Å². The average Bonchev–Trinajstić information content (AvgIpc) is 3.08. The number of para-hydroxylation sites is 1. The van der Waals surface area contributed by atoms with Gasteiger partial charge in [0.05, 0.1) is 4.92 Å². The Morgan fingerprint density at radius 2 is 1.91 bits per heavy atom. The summed E-state index contributed by atoms with van der Waals surface area (Å²) in [7, 11) is 0. The molecule has 0 saturated heterocycles. The number of anilines is 1. The van der Waals surface area contributed by atoms with Gasteiger partial charge in [0.25, 0.3) is 11.6 Å². The molecule has 0 fully saturated rings. The fraction of sp³-hybridized carbons (Fsp3) is 0.0625. The van der Waals surface area contributed by atoms with Crippen molar-refractivity contribution in [3.8, 4) is 0 Å². The number of aliphatic hydroxyl groups is 1. The first-order chi connectivity index (χ1) is 11.0. The van der Waals surface area contributed by atoms with Gasteiger partial charge in [-0.05, 0) is 12.1 Å². The Hall–Kier alpha value is -3.19. The van der Waals surface area contributed by atoms with Crippen LogP contribution >= 0.6 is 0 Å². The van der Waals surface area contributed by atoms with E-state index in [2.05, 4.69) is 10.3 Å². The van der Waals surface area contributed by atoms with Crippen LogP contribution in [0.25, 0.3) is 10.9 Å². The number of hydrogen-bond acceptors (Lipinski definition) is 4. The Bertz CT molecular complexity index is 978. The van der Waals surface area contributed by atoms with E-state index < -0.39 is 16.4 Å². The van der Waals surface area contributed by atoms with Gasteiger partial charge in [0.2, 0.25) is 0 Å². The lowest BCUT2D eigenvalue weighted by atomic mass is 9.87. The van der Waals surface area contributed by atoms with E-state index in [-0.39, 0.29) is 11.3 Å². The van der Waals surface area contributed by atoms with E-state index in [9.17, 15) is 20.0 Å². The normalized spacial score (nSPS) is 19.6. The predicted octanol–water partition coefficient (Wildman–Crippen LogP) is 2.26. The standard InChI is InChI=1S/C16H11N3O4/c20-15-16(21,12-8-17-13-4-2-1-3-10(12)13)11-7-9(19(22)23)5-6-14(11)18-15/h1-8,17,21H,(H,18,20). The number of hydrogen-bond donors (Lipinski definition) is 3. The number of nitrogens with zero attached hydrogens (tertiary/aromatic N) is 1. The second kappa shape index (κ2) is 4.40. The molecule has 1 amide bonds. The monoisotopic (exact) mass is 309 g/mol. The zero-order chi connectivity index (χ0) is 16.2. The van der Waals surface area contributed by atoms with E-state index in [4.69, 9.17) is 0 Å². The summed E-state index contributed by atoms with van der Waals surface area (Å²) in [5, 5.41) is 25.4. The van der Waals surface area contributed by atoms with E-state index in [1.807, 2.05) is 12.1 Å². The summed E-state index contributed by atoms with van der Waals surface area (Å²) in [6.45, 7) is 0. The third-order valence-corrected chi connectivity index (χ3v) is 4.16. The first-order valence-electron chi connectivity index (χ1n) is 6.91. The minimum atomic E-state index is -1.97. The summed E-state index contributed by atoms with van der Waals surface area (Å²) in [4.78, 5) is 25.9. The topological polar surface area (TPSA) is 108 Å². The Morgan fingerprint density at radius 3 is 2.70 bits per heavy atom.